The second-order valence-corrected chi connectivity index (χ2v) is 5.66. The van der Waals surface area contributed by atoms with Gasteiger partial charge in [0.15, 0.2) is 0 Å². The average Bonchev–Trinajstić information content (AvgIpc) is 2.28. The van der Waals surface area contributed by atoms with Gasteiger partial charge in [-0.2, -0.15) is 0 Å². The Balaban J connectivity index is 2.45. The van der Waals surface area contributed by atoms with E-state index in [4.69, 9.17) is 11.6 Å². The molecule has 1 aromatic carbocycles. The zero-order chi connectivity index (χ0) is 11.1. The Morgan fingerprint density at radius 1 is 1.47 bits per heavy atom. The Morgan fingerprint density at radius 2 is 2.20 bits per heavy atom. The minimum atomic E-state index is -0.354. The predicted molar refractivity (Wildman–Crippen MR) is 64.6 cm³/mol. The molecule has 0 bridgehead atoms. The van der Waals surface area contributed by atoms with Crippen LogP contribution in [0.1, 0.15) is 13.8 Å². The van der Waals surface area contributed by atoms with Gasteiger partial charge in [0, 0.05) is 10.6 Å². The van der Waals surface area contributed by atoms with Crippen LogP contribution in [0, 0.1) is 5.41 Å². The average molecular weight is 242 g/mol. The van der Waals surface area contributed by atoms with E-state index >= 15 is 0 Å². The number of rotatable bonds is 0. The molecule has 0 fully saturated rings. The van der Waals surface area contributed by atoms with E-state index in [9.17, 15) is 4.79 Å². The van der Waals surface area contributed by atoms with E-state index in [-0.39, 0.29) is 11.3 Å². The van der Waals surface area contributed by atoms with E-state index in [1.165, 1.54) is 0 Å². The molecule has 4 heteroatoms. The zero-order valence-corrected chi connectivity index (χ0v) is 10.2. The molecular weight excluding hydrogens is 230 g/mol. The van der Waals surface area contributed by atoms with Crippen molar-refractivity contribution in [2.24, 2.45) is 5.41 Å². The highest BCUT2D eigenvalue weighted by Gasteiger charge is 2.31. The maximum Gasteiger partial charge on any atom is 0.230 e. The van der Waals surface area contributed by atoms with Crippen LogP contribution in [-0.2, 0) is 4.79 Å². The third-order valence-corrected chi connectivity index (χ3v) is 4.25. The maximum atomic E-state index is 11.9. The van der Waals surface area contributed by atoms with Crippen molar-refractivity contribution in [3.05, 3.63) is 23.2 Å². The fourth-order valence-electron chi connectivity index (χ4n) is 1.35. The summed E-state index contributed by atoms with van der Waals surface area (Å²) >= 11 is 7.71. The summed E-state index contributed by atoms with van der Waals surface area (Å²) in [5, 5.41) is 3.49. The molecule has 0 saturated heterocycles. The number of anilines is 1. The molecule has 80 valence electrons. The van der Waals surface area contributed by atoms with Gasteiger partial charge in [-0.25, -0.2) is 0 Å². The molecule has 2 rings (SSSR count). The third kappa shape index (κ3) is 1.99. The Bertz CT molecular complexity index is 417. The van der Waals surface area contributed by atoms with E-state index in [0.29, 0.717) is 5.02 Å². The fourth-order valence-corrected chi connectivity index (χ4v) is 2.76. The fraction of sp³-hybridized carbons (Fsp3) is 0.364. The minimum Gasteiger partial charge on any atom is -0.323 e. The highest BCUT2D eigenvalue weighted by Crippen LogP contribution is 2.40. The number of halogens is 1. The van der Waals surface area contributed by atoms with Crippen LogP contribution in [0.4, 0.5) is 5.69 Å². The Hall–Kier alpha value is -0.670. The molecule has 2 nitrogen and oxygen atoms in total. The van der Waals surface area contributed by atoms with E-state index in [2.05, 4.69) is 5.32 Å². The number of nitrogens with one attached hydrogen (secondary N) is 1. The molecular formula is C11H12ClNOS. The molecule has 0 atom stereocenters. The summed E-state index contributed by atoms with van der Waals surface area (Å²) in [6.07, 6.45) is 0. The molecule has 0 aliphatic carbocycles. The molecule has 0 unspecified atom stereocenters. The Kier molecular flexibility index (Phi) is 2.69. The van der Waals surface area contributed by atoms with Crippen LogP contribution in [0.5, 0.6) is 0 Å². The first-order valence-corrected chi connectivity index (χ1v) is 6.10. The topological polar surface area (TPSA) is 29.1 Å². The van der Waals surface area contributed by atoms with Gasteiger partial charge in [-0.05, 0) is 12.1 Å². The molecule has 0 spiro atoms. The number of benzene rings is 1. The maximum absolute atomic E-state index is 11.9. The first-order chi connectivity index (χ1) is 7.00. The number of amides is 1. The van der Waals surface area contributed by atoms with Crippen LogP contribution in [0.2, 0.25) is 5.02 Å². The van der Waals surface area contributed by atoms with Crippen LogP contribution in [0.25, 0.3) is 0 Å². The summed E-state index contributed by atoms with van der Waals surface area (Å²) in [4.78, 5) is 12.9. The van der Waals surface area contributed by atoms with Crippen molar-refractivity contribution in [3.63, 3.8) is 0 Å². The third-order valence-electron chi connectivity index (χ3n) is 2.42. The van der Waals surface area contributed by atoms with E-state index in [1.807, 2.05) is 26.0 Å². The van der Waals surface area contributed by atoms with Gasteiger partial charge in [0.25, 0.3) is 0 Å². The second kappa shape index (κ2) is 3.72. The van der Waals surface area contributed by atoms with Crippen molar-refractivity contribution < 1.29 is 4.79 Å². The van der Waals surface area contributed by atoms with Crippen LogP contribution in [-0.4, -0.2) is 11.7 Å². The highest BCUT2D eigenvalue weighted by molar-refractivity contribution is 7.99. The van der Waals surface area contributed by atoms with Gasteiger partial charge >= 0.3 is 0 Å². The standard InChI is InChI=1S/C11H12ClNOS/c1-11(2)6-15-8-5-3-4-7(12)9(8)13-10(11)14/h3-5H,6H2,1-2H3,(H,13,14). The summed E-state index contributed by atoms with van der Waals surface area (Å²) in [6.45, 7) is 3.88. The van der Waals surface area contributed by atoms with Crippen molar-refractivity contribution >= 4 is 35.0 Å². The molecule has 1 heterocycles. The van der Waals surface area contributed by atoms with Gasteiger partial charge in [0.1, 0.15) is 0 Å². The van der Waals surface area contributed by atoms with Crippen molar-refractivity contribution in [1.82, 2.24) is 0 Å². The summed E-state index contributed by atoms with van der Waals surface area (Å²) in [7, 11) is 0. The molecule has 1 N–H and O–H groups in total. The minimum absolute atomic E-state index is 0.0295. The first kappa shape index (κ1) is 10.8. The lowest BCUT2D eigenvalue weighted by molar-refractivity contribution is -0.122. The smallest absolute Gasteiger partial charge is 0.230 e. The second-order valence-electron chi connectivity index (χ2n) is 4.24. The lowest BCUT2D eigenvalue weighted by atomic mass is 9.95. The molecule has 0 saturated carbocycles. The molecule has 1 aromatic rings. The Labute approximate surface area is 98.4 Å². The van der Waals surface area contributed by atoms with Gasteiger partial charge in [0.2, 0.25) is 5.91 Å². The van der Waals surface area contributed by atoms with Crippen molar-refractivity contribution in [1.29, 1.82) is 0 Å². The summed E-state index contributed by atoms with van der Waals surface area (Å²) < 4.78 is 0. The molecule has 1 amide bonds. The molecule has 1 aliphatic heterocycles. The lowest BCUT2D eigenvalue weighted by Crippen LogP contribution is -2.31. The van der Waals surface area contributed by atoms with Crippen molar-refractivity contribution in [3.8, 4) is 0 Å². The summed E-state index contributed by atoms with van der Waals surface area (Å²) in [5.74, 6) is 0.800. The number of carbonyl (C=O) groups is 1. The molecule has 15 heavy (non-hydrogen) atoms. The van der Waals surface area contributed by atoms with Gasteiger partial charge in [-0.3, -0.25) is 4.79 Å². The number of hydrogen-bond acceptors (Lipinski definition) is 2. The first-order valence-electron chi connectivity index (χ1n) is 4.73. The lowest BCUT2D eigenvalue weighted by Gasteiger charge is -2.19. The van der Waals surface area contributed by atoms with Gasteiger partial charge in [-0.1, -0.05) is 31.5 Å². The van der Waals surface area contributed by atoms with Gasteiger partial charge in [0.05, 0.1) is 16.1 Å². The number of fused-ring (bicyclic) bond motifs is 1. The summed E-state index contributed by atoms with van der Waals surface area (Å²) in [5.41, 5.74) is 0.396. The van der Waals surface area contributed by atoms with Crippen LogP contribution in [0.15, 0.2) is 23.1 Å². The SMILES string of the molecule is CC1(C)CSc2cccc(Cl)c2NC1=O. The van der Waals surface area contributed by atoms with Crippen molar-refractivity contribution in [2.75, 3.05) is 11.1 Å². The monoisotopic (exact) mass is 241 g/mol. The predicted octanol–water partition coefficient (Wildman–Crippen LogP) is 3.41. The van der Waals surface area contributed by atoms with Crippen molar-refractivity contribution in [2.45, 2.75) is 18.7 Å². The van der Waals surface area contributed by atoms with Crippen LogP contribution in [0.3, 0.4) is 0 Å². The van der Waals surface area contributed by atoms with E-state index < -0.39 is 0 Å². The molecule has 1 aliphatic rings. The number of carbonyl (C=O) groups excluding carboxylic acids is 1. The van der Waals surface area contributed by atoms with Gasteiger partial charge in [-0.15, -0.1) is 11.8 Å². The highest BCUT2D eigenvalue weighted by atomic mass is 35.5. The van der Waals surface area contributed by atoms with Crippen LogP contribution >= 0.6 is 23.4 Å². The normalized spacial score (nSPS) is 19.0. The summed E-state index contributed by atoms with van der Waals surface area (Å²) in [6, 6.07) is 5.67. The number of para-hydroxylation sites is 1. The van der Waals surface area contributed by atoms with E-state index in [1.54, 1.807) is 17.8 Å². The largest absolute Gasteiger partial charge is 0.323 e. The Morgan fingerprint density at radius 3 is 2.93 bits per heavy atom. The molecule has 0 aromatic heterocycles. The number of thioether (sulfide) groups is 1. The van der Waals surface area contributed by atoms with E-state index in [0.717, 1.165) is 16.3 Å². The number of hydrogen-bond donors (Lipinski definition) is 1. The molecule has 0 radical (unpaired) electrons. The van der Waals surface area contributed by atoms with Crippen LogP contribution < -0.4 is 5.32 Å². The zero-order valence-electron chi connectivity index (χ0n) is 8.63. The quantitative estimate of drug-likeness (QED) is 0.754. The van der Waals surface area contributed by atoms with Gasteiger partial charge < -0.3 is 5.32 Å².